The average Bonchev–Trinajstić information content (AvgIpc) is 2.17. The minimum absolute atomic E-state index is 0.0625. The Morgan fingerprint density at radius 2 is 2.07 bits per heavy atom. The molecule has 15 heavy (non-hydrogen) atoms. The number of nitrogens with zero attached hydrogens (tertiary/aromatic N) is 1. The normalized spacial score (nSPS) is 10.4. The molecule has 5 nitrogen and oxygen atoms in total. The summed E-state index contributed by atoms with van der Waals surface area (Å²) in [5, 5.41) is 17.0. The van der Waals surface area contributed by atoms with Crippen molar-refractivity contribution < 1.29 is 19.8 Å². The van der Waals surface area contributed by atoms with E-state index in [0.29, 0.717) is 5.69 Å². The van der Waals surface area contributed by atoms with Crippen LogP contribution < -0.4 is 0 Å². The van der Waals surface area contributed by atoms with Crippen LogP contribution in [0.15, 0.2) is 24.3 Å². The summed E-state index contributed by atoms with van der Waals surface area (Å²) in [6.07, 6.45) is 2.77. The van der Waals surface area contributed by atoms with Gasteiger partial charge in [-0.25, -0.2) is 9.78 Å². The fraction of sp³-hybridized carbons (Fsp3) is 0.100. The minimum atomic E-state index is -1.11. The second-order valence-corrected chi connectivity index (χ2v) is 2.75. The Morgan fingerprint density at radius 3 is 2.67 bits per heavy atom. The number of carboxylic acid groups (broad SMARTS) is 2. The molecule has 0 unspecified atom stereocenters. The van der Waals surface area contributed by atoms with E-state index < -0.39 is 11.9 Å². The van der Waals surface area contributed by atoms with E-state index in [1.54, 1.807) is 12.1 Å². The largest absolute Gasteiger partial charge is 0.481 e. The molecule has 0 bridgehead atoms. The summed E-state index contributed by atoms with van der Waals surface area (Å²) in [5.41, 5.74) is 0.364. The van der Waals surface area contributed by atoms with Gasteiger partial charge in [0.15, 0.2) is 0 Å². The van der Waals surface area contributed by atoms with Gasteiger partial charge in [-0.3, -0.25) is 4.79 Å². The van der Waals surface area contributed by atoms with Crippen molar-refractivity contribution in [3.8, 4) is 0 Å². The predicted octanol–water partition coefficient (Wildman–Crippen LogP) is 1.27. The number of hydrogen-bond donors (Lipinski definition) is 2. The van der Waals surface area contributed by atoms with Gasteiger partial charge < -0.3 is 10.2 Å². The number of hydrogen-bond acceptors (Lipinski definition) is 3. The van der Waals surface area contributed by atoms with E-state index in [9.17, 15) is 9.59 Å². The second-order valence-electron chi connectivity index (χ2n) is 2.75. The molecule has 0 radical (unpaired) electrons. The summed E-state index contributed by atoms with van der Waals surface area (Å²) in [5.74, 6) is -2.05. The van der Waals surface area contributed by atoms with E-state index in [0.717, 1.165) is 0 Å². The van der Waals surface area contributed by atoms with Crippen molar-refractivity contribution in [1.82, 2.24) is 4.98 Å². The first-order chi connectivity index (χ1) is 7.09. The van der Waals surface area contributed by atoms with Gasteiger partial charge in [-0.05, 0) is 18.2 Å². The van der Waals surface area contributed by atoms with Crippen LogP contribution in [0.3, 0.4) is 0 Å². The predicted molar refractivity (Wildman–Crippen MR) is 52.5 cm³/mol. The van der Waals surface area contributed by atoms with Gasteiger partial charge in [0.25, 0.3) is 0 Å². The monoisotopic (exact) mass is 207 g/mol. The van der Waals surface area contributed by atoms with Gasteiger partial charge in [0.2, 0.25) is 0 Å². The number of aliphatic carboxylic acids is 1. The van der Waals surface area contributed by atoms with Gasteiger partial charge in [0.05, 0.1) is 12.1 Å². The summed E-state index contributed by atoms with van der Waals surface area (Å²) < 4.78 is 0. The maximum Gasteiger partial charge on any atom is 0.354 e. The number of aromatic carboxylic acids is 1. The summed E-state index contributed by atoms with van der Waals surface area (Å²) in [6.45, 7) is 0. The number of pyridine rings is 1. The fourth-order valence-corrected chi connectivity index (χ4v) is 0.944. The first-order valence-corrected chi connectivity index (χ1v) is 4.18. The zero-order valence-electron chi connectivity index (χ0n) is 7.75. The van der Waals surface area contributed by atoms with E-state index in [-0.39, 0.29) is 12.1 Å². The van der Waals surface area contributed by atoms with Gasteiger partial charge in [0.1, 0.15) is 5.69 Å². The molecule has 0 aliphatic rings. The molecule has 0 saturated heterocycles. The molecular weight excluding hydrogens is 198 g/mol. The molecule has 0 aromatic carbocycles. The number of carboxylic acids is 2. The summed E-state index contributed by atoms with van der Waals surface area (Å²) >= 11 is 0. The molecule has 1 rings (SSSR count). The van der Waals surface area contributed by atoms with Crippen molar-refractivity contribution in [2.24, 2.45) is 0 Å². The Morgan fingerprint density at radius 1 is 1.33 bits per heavy atom. The quantitative estimate of drug-likeness (QED) is 0.776. The molecule has 5 heteroatoms. The van der Waals surface area contributed by atoms with Gasteiger partial charge in [-0.1, -0.05) is 12.1 Å². The second kappa shape index (κ2) is 4.90. The molecule has 1 heterocycles. The van der Waals surface area contributed by atoms with Gasteiger partial charge in [-0.15, -0.1) is 0 Å². The van der Waals surface area contributed by atoms with Crippen LogP contribution >= 0.6 is 0 Å². The zero-order valence-corrected chi connectivity index (χ0v) is 7.75. The van der Waals surface area contributed by atoms with Crippen LogP contribution in [0.1, 0.15) is 22.6 Å². The third-order valence-corrected chi connectivity index (χ3v) is 1.57. The lowest BCUT2D eigenvalue weighted by molar-refractivity contribution is -0.135. The number of rotatable bonds is 4. The Hall–Kier alpha value is -2.17. The molecule has 0 fully saturated rings. The average molecular weight is 207 g/mol. The molecule has 0 saturated carbocycles. The molecule has 0 spiro atoms. The Kier molecular flexibility index (Phi) is 3.56. The van der Waals surface area contributed by atoms with Crippen LogP contribution in [0.25, 0.3) is 6.08 Å². The molecule has 1 aromatic heterocycles. The van der Waals surface area contributed by atoms with Crippen molar-refractivity contribution in [2.75, 3.05) is 0 Å². The summed E-state index contributed by atoms with van der Waals surface area (Å²) in [7, 11) is 0. The molecular formula is C10H9NO4. The maximum absolute atomic E-state index is 10.6. The van der Waals surface area contributed by atoms with E-state index in [2.05, 4.69) is 4.98 Å². The van der Waals surface area contributed by atoms with Crippen LogP contribution in [0.4, 0.5) is 0 Å². The van der Waals surface area contributed by atoms with Crippen molar-refractivity contribution in [1.29, 1.82) is 0 Å². The highest BCUT2D eigenvalue weighted by Crippen LogP contribution is 2.02. The highest BCUT2D eigenvalue weighted by molar-refractivity contribution is 5.85. The first-order valence-electron chi connectivity index (χ1n) is 4.18. The van der Waals surface area contributed by atoms with Crippen molar-refractivity contribution >= 4 is 18.0 Å². The maximum atomic E-state index is 10.6. The highest BCUT2D eigenvalue weighted by atomic mass is 16.4. The Balaban J connectivity index is 2.78. The number of carbonyl (C=O) groups is 2. The molecule has 1 aromatic rings. The van der Waals surface area contributed by atoms with Crippen LogP contribution in [-0.4, -0.2) is 27.1 Å². The van der Waals surface area contributed by atoms with Crippen LogP contribution in [-0.2, 0) is 4.79 Å². The SMILES string of the molecule is O=C(O)CC=Cc1cccc(C(=O)O)n1. The molecule has 0 aliphatic heterocycles. The lowest BCUT2D eigenvalue weighted by Gasteiger charge is -1.95. The van der Waals surface area contributed by atoms with Crippen molar-refractivity contribution in [3.05, 3.63) is 35.7 Å². The van der Waals surface area contributed by atoms with E-state index in [1.807, 2.05) is 0 Å². The van der Waals surface area contributed by atoms with Crippen LogP contribution in [0.5, 0.6) is 0 Å². The third-order valence-electron chi connectivity index (χ3n) is 1.57. The highest BCUT2D eigenvalue weighted by Gasteiger charge is 2.02. The number of aromatic nitrogens is 1. The smallest absolute Gasteiger partial charge is 0.354 e. The Bertz CT molecular complexity index is 412. The molecule has 78 valence electrons. The van der Waals surface area contributed by atoms with Crippen molar-refractivity contribution in [3.63, 3.8) is 0 Å². The Labute approximate surface area is 85.7 Å². The van der Waals surface area contributed by atoms with E-state index in [1.165, 1.54) is 18.2 Å². The van der Waals surface area contributed by atoms with E-state index in [4.69, 9.17) is 10.2 Å². The minimum Gasteiger partial charge on any atom is -0.481 e. The molecule has 2 N–H and O–H groups in total. The van der Waals surface area contributed by atoms with Gasteiger partial charge in [0, 0.05) is 0 Å². The fourth-order valence-electron chi connectivity index (χ4n) is 0.944. The summed E-state index contributed by atoms with van der Waals surface area (Å²) in [6, 6.07) is 4.53. The van der Waals surface area contributed by atoms with Gasteiger partial charge in [-0.2, -0.15) is 0 Å². The van der Waals surface area contributed by atoms with E-state index >= 15 is 0 Å². The molecule has 0 amide bonds. The lowest BCUT2D eigenvalue weighted by Crippen LogP contribution is -2.00. The first kappa shape index (κ1) is 10.9. The molecule has 0 atom stereocenters. The topological polar surface area (TPSA) is 87.5 Å². The van der Waals surface area contributed by atoms with Crippen molar-refractivity contribution in [2.45, 2.75) is 6.42 Å². The third kappa shape index (κ3) is 3.60. The van der Waals surface area contributed by atoms with Crippen LogP contribution in [0.2, 0.25) is 0 Å². The summed E-state index contributed by atoms with van der Waals surface area (Å²) in [4.78, 5) is 24.5. The standard InChI is InChI=1S/C10H9NO4/c12-9(13)6-2-4-7-3-1-5-8(11-7)10(14)15/h1-5H,6H2,(H,12,13)(H,14,15). The molecule has 0 aliphatic carbocycles. The zero-order chi connectivity index (χ0) is 11.3. The van der Waals surface area contributed by atoms with Gasteiger partial charge >= 0.3 is 11.9 Å². The lowest BCUT2D eigenvalue weighted by atomic mass is 10.2. The van der Waals surface area contributed by atoms with Crippen LogP contribution in [0, 0.1) is 0 Å².